The predicted molar refractivity (Wildman–Crippen MR) is 86.2 cm³/mol. The third-order valence-corrected chi connectivity index (χ3v) is 4.77. The van der Waals surface area contributed by atoms with E-state index in [0.29, 0.717) is 17.1 Å². The van der Waals surface area contributed by atoms with Crippen molar-refractivity contribution in [1.29, 1.82) is 0 Å². The number of hydrogen-bond acceptors (Lipinski definition) is 5. The number of benzene rings is 1. The summed E-state index contributed by atoms with van der Waals surface area (Å²) in [7, 11) is 0. The molecule has 1 amide bonds. The minimum absolute atomic E-state index is 0.0125. The van der Waals surface area contributed by atoms with Crippen LogP contribution in [0.2, 0.25) is 0 Å². The van der Waals surface area contributed by atoms with Crippen LogP contribution in [0.1, 0.15) is 53.2 Å². The summed E-state index contributed by atoms with van der Waals surface area (Å²) < 4.78 is 16.1. The molecular weight excluding hydrogens is 308 g/mol. The van der Waals surface area contributed by atoms with Crippen LogP contribution in [0.3, 0.4) is 0 Å². The zero-order valence-electron chi connectivity index (χ0n) is 13.9. The fraction of sp³-hybridized carbons (Fsp3) is 0.444. The van der Waals surface area contributed by atoms with Crippen molar-refractivity contribution in [3.8, 4) is 11.5 Å². The molecule has 1 fully saturated rings. The molecule has 0 N–H and O–H groups in total. The van der Waals surface area contributed by atoms with Crippen LogP contribution < -0.4 is 9.47 Å². The van der Waals surface area contributed by atoms with Crippen LogP contribution in [0.15, 0.2) is 22.7 Å². The quantitative estimate of drug-likeness (QED) is 0.865. The lowest BCUT2D eigenvalue weighted by molar-refractivity contribution is 0.0734. The molecule has 2 aliphatic heterocycles. The van der Waals surface area contributed by atoms with Gasteiger partial charge in [-0.15, -0.1) is 0 Å². The Bertz CT molecular complexity index is 783. The second kappa shape index (κ2) is 5.85. The summed E-state index contributed by atoms with van der Waals surface area (Å²) in [6, 6.07) is 5.39. The van der Waals surface area contributed by atoms with Gasteiger partial charge in [0.15, 0.2) is 11.5 Å². The summed E-state index contributed by atoms with van der Waals surface area (Å²) in [5.41, 5.74) is 2.57. The Morgan fingerprint density at radius 1 is 1.33 bits per heavy atom. The lowest BCUT2D eigenvalue weighted by Crippen LogP contribution is -2.31. The van der Waals surface area contributed by atoms with Crippen LogP contribution in [0, 0.1) is 6.92 Å². The molecule has 1 saturated heterocycles. The summed E-state index contributed by atoms with van der Waals surface area (Å²) in [6.45, 7) is 4.94. The first kappa shape index (κ1) is 15.1. The lowest BCUT2D eigenvalue weighted by Gasteiger charge is -2.25. The maximum Gasteiger partial charge on any atom is 0.254 e. The fourth-order valence-corrected chi connectivity index (χ4v) is 3.61. The molecule has 0 radical (unpaired) electrons. The Balaban J connectivity index is 1.65. The second-order valence-electron chi connectivity index (χ2n) is 6.18. The largest absolute Gasteiger partial charge is 0.454 e. The molecule has 1 unspecified atom stereocenters. The summed E-state index contributed by atoms with van der Waals surface area (Å²) in [5, 5.41) is 4.10. The van der Waals surface area contributed by atoms with E-state index in [1.165, 1.54) is 0 Å². The van der Waals surface area contributed by atoms with E-state index in [9.17, 15) is 4.79 Å². The second-order valence-corrected chi connectivity index (χ2v) is 6.18. The summed E-state index contributed by atoms with van der Waals surface area (Å²) in [6.07, 6.45) is 2.69. The van der Waals surface area contributed by atoms with Crippen LogP contribution >= 0.6 is 0 Å². The molecule has 0 spiro atoms. The third-order valence-electron chi connectivity index (χ3n) is 4.77. The van der Waals surface area contributed by atoms with Crippen molar-refractivity contribution in [2.45, 2.75) is 39.2 Å². The van der Waals surface area contributed by atoms with Crippen molar-refractivity contribution < 1.29 is 18.8 Å². The highest BCUT2D eigenvalue weighted by molar-refractivity contribution is 5.95. The molecule has 2 aromatic rings. The monoisotopic (exact) mass is 328 g/mol. The van der Waals surface area contributed by atoms with Crippen LogP contribution in [0.5, 0.6) is 11.5 Å². The van der Waals surface area contributed by atoms with Crippen molar-refractivity contribution in [3.05, 3.63) is 40.8 Å². The number of carbonyl (C=O) groups excluding carboxylic acids is 1. The molecule has 24 heavy (non-hydrogen) atoms. The normalized spacial score (nSPS) is 19.1. The first-order chi connectivity index (χ1) is 11.7. The van der Waals surface area contributed by atoms with Crippen LogP contribution in [0.4, 0.5) is 0 Å². The standard InChI is InChI=1S/C18H20N2O4/c1-3-14-17(11(2)19-24-14)13-5-4-8-20(13)18(21)12-6-7-15-16(9-12)23-10-22-15/h6-7,9,13H,3-5,8,10H2,1-2H3. The van der Waals surface area contributed by atoms with Gasteiger partial charge < -0.3 is 18.9 Å². The molecule has 0 aliphatic carbocycles. The Hall–Kier alpha value is -2.50. The van der Waals surface area contributed by atoms with Gasteiger partial charge in [-0.3, -0.25) is 4.79 Å². The molecule has 1 aromatic heterocycles. The molecule has 1 atom stereocenters. The van der Waals surface area contributed by atoms with Crippen LogP contribution in [0.25, 0.3) is 0 Å². The number of nitrogens with zero attached hydrogens (tertiary/aromatic N) is 2. The number of aromatic nitrogens is 1. The van der Waals surface area contributed by atoms with Gasteiger partial charge in [-0.1, -0.05) is 12.1 Å². The molecule has 126 valence electrons. The lowest BCUT2D eigenvalue weighted by atomic mass is 10.0. The van der Waals surface area contributed by atoms with E-state index in [1.807, 2.05) is 18.7 Å². The van der Waals surface area contributed by atoms with Gasteiger partial charge in [0.05, 0.1) is 11.7 Å². The topological polar surface area (TPSA) is 64.8 Å². The Labute approximate surface area is 140 Å². The van der Waals surface area contributed by atoms with E-state index >= 15 is 0 Å². The minimum Gasteiger partial charge on any atom is -0.454 e. The molecule has 2 aliphatic rings. The minimum atomic E-state index is 0.0125. The average molecular weight is 328 g/mol. The summed E-state index contributed by atoms with van der Waals surface area (Å²) >= 11 is 0. The van der Waals surface area contributed by atoms with E-state index < -0.39 is 0 Å². The number of aryl methyl sites for hydroxylation is 2. The smallest absolute Gasteiger partial charge is 0.254 e. The van der Waals surface area contributed by atoms with Gasteiger partial charge in [0.2, 0.25) is 6.79 Å². The number of rotatable bonds is 3. The third kappa shape index (κ3) is 2.33. The van der Waals surface area contributed by atoms with E-state index in [4.69, 9.17) is 14.0 Å². The molecule has 3 heterocycles. The molecule has 1 aromatic carbocycles. The maximum atomic E-state index is 13.0. The van der Waals surface area contributed by atoms with E-state index in [2.05, 4.69) is 5.16 Å². The van der Waals surface area contributed by atoms with E-state index in [1.54, 1.807) is 18.2 Å². The van der Waals surface area contributed by atoms with Gasteiger partial charge in [0.25, 0.3) is 5.91 Å². The van der Waals surface area contributed by atoms with Crippen LogP contribution in [-0.2, 0) is 6.42 Å². The van der Waals surface area contributed by atoms with Crippen LogP contribution in [-0.4, -0.2) is 29.3 Å². The number of fused-ring (bicyclic) bond motifs is 1. The predicted octanol–water partition coefficient (Wildman–Crippen LogP) is 3.25. The Morgan fingerprint density at radius 2 is 2.17 bits per heavy atom. The van der Waals surface area contributed by atoms with Gasteiger partial charge in [0.1, 0.15) is 5.76 Å². The van der Waals surface area contributed by atoms with Crippen molar-refractivity contribution in [3.63, 3.8) is 0 Å². The van der Waals surface area contributed by atoms with E-state index in [0.717, 1.165) is 42.8 Å². The fourth-order valence-electron chi connectivity index (χ4n) is 3.61. The van der Waals surface area contributed by atoms with Crippen molar-refractivity contribution >= 4 is 5.91 Å². The van der Waals surface area contributed by atoms with Gasteiger partial charge in [-0.2, -0.15) is 0 Å². The van der Waals surface area contributed by atoms with Crippen molar-refractivity contribution in [1.82, 2.24) is 10.1 Å². The van der Waals surface area contributed by atoms with Gasteiger partial charge >= 0.3 is 0 Å². The Morgan fingerprint density at radius 3 is 3.00 bits per heavy atom. The van der Waals surface area contributed by atoms with Gasteiger partial charge in [-0.05, 0) is 38.0 Å². The molecule has 6 heteroatoms. The maximum absolute atomic E-state index is 13.0. The molecule has 4 rings (SSSR count). The highest BCUT2D eigenvalue weighted by Gasteiger charge is 2.35. The number of hydrogen-bond donors (Lipinski definition) is 0. The van der Waals surface area contributed by atoms with Crippen molar-refractivity contribution in [2.75, 3.05) is 13.3 Å². The number of likely N-dealkylation sites (tertiary alicyclic amines) is 1. The van der Waals surface area contributed by atoms with Gasteiger partial charge in [-0.25, -0.2) is 0 Å². The SMILES string of the molecule is CCc1onc(C)c1C1CCCN1C(=O)c1ccc2c(c1)OCO2. The highest BCUT2D eigenvalue weighted by atomic mass is 16.7. The Kier molecular flexibility index (Phi) is 3.67. The molecule has 0 bridgehead atoms. The summed E-state index contributed by atoms with van der Waals surface area (Å²) in [5.74, 6) is 2.21. The number of ether oxygens (including phenoxy) is 2. The highest BCUT2D eigenvalue weighted by Crippen LogP contribution is 2.38. The molecule has 0 saturated carbocycles. The number of amides is 1. The van der Waals surface area contributed by atoms with Crippen molar-refractivity contribution in [2.24, 2.45) is 0 Å². The molecule has 6 nitrogen and oxygen atoms in total. The first-order valence-electron chi connectivity index (χ1n) is 8.34. The molecular formula is C18H20N2O4. The number of carbonyl (C=O) groups is 1. The zero-order valence-corrected chi connectivity index (χ0v) is 13.9. The first-order valence-corrected chi connectivity index (χ1v) is 8.34. The summed E-state index contributed by atoms with van der Waals surface area (Å²) in [4.78, 5) is 15.0. The van der Waals surface area contributed by atoms with E-state index in [-0.39, 0.29) is 18.7 Å². The zero-order chi connectivity index (χ0) is 16.7. The average Bonchev–Trinajstić information content (AvgIpc) is 3.31. The van der Waals surface area contributed by atoms with Gasteiger partial charge in [0, 0.05) is 24.1 Å².